The predicted octanol–water partition coefficient (Wildman–Crippen LogP) is 3.30. The van der Waals surface area contributed by atoms with E-state index in [1.54, 1.807) is 6.07 Å². The lowest BCUT2D eigenvalue weighted by atomic mass is 9.89. The van der Waals surface area contributed by atoms with Gasteiger partial charge in [-0.1, -0.05) is 23.8 Å². The van der Waals surface area contributed by atoms with E-state index >= 15 is 0 Å². The maximum Gasteiger partial charge on any atom is 0.312 e. The van der Waals surface area contributed by atoms with Crippen molar-refractivity contribution >= 4 is 11.8 Å². The molecule has 0 bridgehead atoms. The summed E-state index contributed by atoms with van der Waals surface area (Å²) in [6, 6.07) is 7.44. The van der Waals surface area contributed by atoms with Crippen molar-refractivity contribution in [2.24, 2.45) is 0 Å². The van der Waals surface area contributed by atoms with Crippen LogP contribution >= 0.6 is 0 Å². The van der Waals surface area contributed by atoms with Crippen molar-refractivity contribution in [2.45, 2.75) is 39.2 Å². The zero-order valence-electron chi connectivity index (χ0n) is 12.8. The highest BCUT2D eigenvalue weighted by molar-refractivity contribution is 6.11. The molecule has 2 aromatic rings. The Hall–Kier alpha value is -2.36. The fraction of sp³-hybridized carbons (Fsp3) is 0.333. The summed E-state index contributed by atoms with van der Waals surface area (Å²) >= 11 is 0. The fourth-order valence-corrected chi connectivity index (χ4v) is 3.34. The molecule has 1 aliphatic rings. The Balaban J connectivity index is 2.13. The summed E-state index contributed by atoms with van der Waals surface area (Å²) < 4.78 is 1.95. The number of carbonyl (C=O) groups excluding carboxylic acids is 1. The van der Waals surface area contributed by atoms with Crippen LogP contribution in [0, 0.1) is 13.8 Å². The van der Waals surface area contributed by atoms with Gasteiger partial charge in [-0.2, -0.15) is 0 Å². The number of nitrogens with zero attached hydrogens (tertiary/aromatic N) is 1. The van der Waals surface area contributed by atoms with Crippen LogP contribution in [0.25, 0.3) is 0 Å². The zero-order chi connectivity index (χ0) is 15.9. The first-order valence-corrected chi connectivity index (χ1v) is 7.53. The minimum atomic E-state index is -0.850. The number of aromatic nitrogens is 1. The number of rotatable bonds is 3. The summed E-state index contributed by atoms with van der Waals surface area (Å²) in [7, 11) is 0. The number of hydrogen-bond acceptors (Lipinski definition) is 2. The first-order chi connectivity index (χ1) is 10.5. The molecule has 114 valence electrons. The van der Waals surface area contributed by atoms with Crippen molar-refractivity contribution in [2.75, 3.05) is 0 Å². The molecule has 0 aliphatic carbocycles. The third-order valence-electron chi connectivity index (χ3n) is 4.34. The minimum absolute atomic E-state index is 0.0805. The van der Waals surface area contributed by atoms with Crippen LogP contribution in [0.15, 0.2) is 30.5 Å². The molecular weight excluding hydrogens is 278 g/mol. The molecule has 1 unspecified atom stereocenters. The van der Waals surface area contributed by atoms with Gasteiger partial charge in [0.25, 0.3) is 0 Å². The van der Waals surface area contributed by atoms with Gasteiger partial charge in [0.2, 0.25) is 0 Å². The highest BCUT2D eigenvalue weighted by Crippen LogP contribution is 2.34. The number of ketones is 1. The molecule has 4 heteroatoms. The molecule has 0 saturated heterocycles. The highest BCUT2D eigenvalue weighted by atomic mass is 16.4. The van der Waals surface area contributed by atoms with E-state index in [0.29, 0.717) is 23.2 Å². The van der Waals surface area contributed by atoms with Crippen LogP contribution in [-0.4, -0.2) is 21.4 Å². The maximum atomic E-state index is 12.9. The molecule has 0 spiro atoms. The zero-order valence-corrected chi connectivity index (χ0v) is 12.8. The minimum Gasteiger partial charge on any atom is -0.481 e. The summed E-state index contributed by atoms with van der Waals surface area (Å²) in [5.41, 5.74) is 3.73. The van der Waals surface area contributed by atoms with Gasteiger partial charge in [-0.05, 0) is 38.3 Å². The third kappa shape index (κ3) is 2.34. The Morgan fingerprint density at radius 1 is 1.27 bits per heavy atom. The molecule has 2 heterocycles. The topological polar surface area (TPSA) is 59.3 Å². The van der Waals surface area contributed by atoms with E-state index in [9.17, 15) is 14.7 Å². The predicted molar refractivity (Wildman–Crippen MR) is 83.4 cm³/mol. The number of carbonyl (C=O) groups is 2. The van der Waals surface area contributed by atoms with Crippen molar-refractivity contribution in [3.05, 3.63) is 58.4 Å². The summed E-state index contributed by atoms with van der Waals surface area (Å²) in [5, 5.41) is 9.49. The van der Waals surface area contributed by atoms with E-state index in [4.69, 9.17) is 0 Å². The largest absolute Gasteiger partial charge is 0.481 e. The lowest BCUT2D eigenvalue weighted by Crippen LogP contribution is -2.23. The number of benzene rings is 1. The Morgan fingerprint density at radius 2 is 2.05 bits per heavy atom. The molecule has 0 saturated carbocycles. The highest BCUT2D eigenvalue weighted by Gasteiger charge is 2.33. The van der Waals surface area contributed by atoms with E-state index in [1.807, 2.05) is 42.8 Å². The van der Waals surface area contributed by atoms with Crippen molar-refractivity contribution in [3.63, 3.8) is 0 Å². The molecule has 1 N–H and O–H groups in total. The molecule has 3 rings (SSSR count). The first-order valence-electron chi connectivity index (χ1n) is 7.53. The molecule has 1 aliphatic heterocycles. The van der Waals surface area contributed by atoms with Gasteiger partial charge in [0.05, 0.1) is 5.92 Å². The van der Waals surface area contributed by atoms with Gasteiger partial charge < -0.3 is 9.67 Å². The van der Waals surface area contributed by atoms with E-state index in [1.165, 1.54) is 0 Å². The number of aliphatic carboxylic acids is 1. The summed E-state index contributed by atoms with van der Waals surface area (Å²) in [6.07, 6.45) is 3.33. The fourth-order valence-electron chi connectivity index (χ4n) is 3.34. The van der Waals surface area contributed by atoms with Crippen molar-refractivity contribution in [3.8, 4) is 0 Å². The number of carboxylic acids is 1. The third-order valence-corrected chi connectivity index (χ3v) is 4.34. The Kier molecular flexibility index (Phi) is 3.61. The van der Waals surface area contributed by atoms with Crippen LogP contribution in [0.1, 0.15) is 51.5 Å². The van der Waals surface area contributed by atoms with Gasteiger partial charge in [0.15, 0.2) is 5.78 Å². The Labute approximate surface area is 129 Å². The Bertz CT molecular complexity index is 758. The summed E-state index contributed by atoms with van der Waals surface area (Å²) in [6.45, 7) is 4.60. The van der Waals surface area contributed by atoms with Crippen LogP contribution < -0.4 is 0 Å². The smallest absolute Gasteiger partial charge is 0.312 e. The van der Waals surface area contributed by atoms with Gasteiger partial charge in [0, 0.05) is 29.6 Å². The van der Waals surface area contributed by atoms with E-state index in [2.05, 4.69) is 0 Å². The molecule has 0 amide bonds. The van der Waals surface area contributed by atoms with Crippen molar-refractivity contribution in [1.29, 1.82) is 0 Å². The van der Waals surface area contributed by atoms with Crippen molar-refractivity contribution in [1.82, 2.24) is 4.57 Å². The number of hydrogen-bond donors (Lipinski definition) is 1. The SMILES string of the molecule is Cc1cccc(C(=O)c2c(C)cn3c2C(C(=O)O)CCC3)c1. The van der Waals surface area contributed by atoms with Gasteiger partial charge in [-0.25, -0.2) is 0 Å². The molecule has 22 heavy (non-hydrogen) atoms. The monoisotopic (exact) mass is 297 g/mol. The second kappa shape index (κ2) is 5.44. The van der Waals surface area contributed by atoms with E-state index in [0.717, 1.165) is 24.1 Å². The lowest BCUT2D eigenvalue weighted by Gasteiger charge is -2.23. The Morgan fingerprint density at radius 3 is 2.73 bits per heavy atom. The maximum absolute atomic E-state index is 12.9. The molecule has 1 aromatic heterocycles. The number of fused-ring (bicyclic) bond motifs is 1. The average Bonchev–Trinajstić information content (AvgIpc) is 2.82. The van der Waals surface area contributed by atoms with Crippen LogP contribution in [-0.2, 0) is 11.3 Å². The van der Waals surface area contributed by atoms with E-state index < -0.39 is 11.9 Å². The van der Waals surface area contributed by atoms with Crippen LogP contribution in [0.4, 0.5) is 0 Å². The summed E-state index contributed by atoms with van der Waals surface area (Å²) in [5.74, 6) is -1.52. The average molecular weight is 297 g/mol. The first kappa shape index (κ1) is 14.6. The molecule has 0 radical (unpaired) electrons. The normalized spacial score (nSPS) is 17.1. The summed E-state index contributed by atoms with van der Waals surface area (Å²) in [4.78, 5) is 24.5. The second-order valence-corrected chi connectivity index (χ2v) is 6.00. The quantitative estimate of drug-likeness (QED) is 0.884. The molecule has 1 atom stereocenters. The molecular formula is C18H19NO3. The van der Waals surface area contributed by atoms with Crippen LogP contribution in [0.2, 0.25) is 0 Å². The van der Waals surface area contributed by atoms with Gasteiger partial charge in [0.1, 0.15) is 0 Å². The van der Waals surface area contributed by atoms with Gasteiger partial charge in [-0.15, -0.1) is 0 Å². The van der Waals surface area contributed by atoms with E-state index in [-0.39, 0.29) is 5.78 Å². The standard InChI is InChI=1S/C18H19NO3/c1-11-5-3-6-13(9-11)17(20)15-12(2)10-19-8-4-7-14(16(15)19)18(21)22/h3,5-6,9-10,14H,4,7-8H2,1-2H3,(H,21,22). The molecule has 0 fully saturated rings. The van der Waals surface area contributed by atoms with Crippen molar-refractivity contribution < 1.29 is 14.7 Å². The van der Waals surface area contributed by atoms with Gasteiger partial charge in [-0.3, -0.25) is 9.59 Å². The number of carboxylic acid groups (broad SMARTS) is 1. The lowest BCUT2D eigenvalue weighted by molar-refractivity contribution is -0.139. The van der Waals surface area contributed by atoms with Gasteiger partial charge >= 0.3 is 5.97 Å². The molecule has 1 aromatic carbocycles. The second-order valence-electron chi connectivity index (χ2n) is 6.00. The van der Waals surface area contributed by atoms with Crippen LogP contribution in [0.5, 0.6) is 0 Å². The van der Waals surface area contributed by atoms with Crippen LogP contribution in [0.3, 0.4) is 0 Å². The molecule has 4 nitrogen and oxygen atoms in total. The number of aryl methyl sites for hydroxylation is 3.